The van der Waals surface area contributed by atoms with Crippen molar-refractivity contribution in [3.8, 4) is 0 Å². The molecule has 4 nitrogen and oxygen atoms in total. The molecule has 0 radical (unpaired) electrons. The lowest BCUT2D eigenvalue weighted by Gasteiger charge is -2.14. The van der Waals surface area contributed by atoms with Gasteiger partial charge in [0, 0.05) is 10.2 Å². The second kappa shape index (κ2) is 7.19. The number of rotatable bonds is 4. The number of halogens is 2. The Labute approximate surface area is 150 Å². The maximum absolute atomic E-state index is 13.2. The van der Waals surface area contributed by atoms with E-state index in [0.29, 0.717) is 10.6 Å². The number of amides is 2. The zero-order valence-electron chi connectivity index (χ0n) is 12.3. The van der Waals surface area contributed by atoms with E-state index in [0.717, 1.165) is 26.7 Å². The van der Waals surface area contributed by atoms with Gasteiger partial charge in [0.2, 0.25) is 0 Å². The Morgan fingerprint density at radius 1 is 1.17 bits per heavy atom. The zero-order chi connectivity index (χ0) is 17.1. The van der Waals surface area contributed by atoms with Crippen LogP contribution >= 0.6 is 27.7 Å². The van der Waals surface area contributed by atoms with E-state index in [4.69, 9.17) is 0 Å². The maximum Gasteiger partial charge on any atom is 0.295 e. The van der Waals surface area contributed by atoms with Crippen LogP contribution in [0.4, 0.5) is 14.9 Å². The maximum atomic E-state index is 13.2. The minimum absolute atomic E-state index is 0.00998. The van der Waals surface area contributed by atoms with Crippen LogP contribution in [-0.4, -0.2) is 22.7 Å². The molecule has 2 aromatic carbocycles. The number of thioether (sulfide) groups is 1. The van der Waals surface area contributed by atoms with Crippen LogP contribution in [0.1, 0.15) is 5.56 Å². The predicted octanol–water partition coefficient (Wildman–Crippen LogP) is 4.69. The third kappa shape index (κ3) is 3.85. The number of hydrogen-bond acceptors (Lipinski definition) is 4. The molecule has 0 unspecified atom stereocenters. The van der Waals surface area contributed by atoms with Crippen LogP contribution in [0.15, 0.2) is 57.9 Å². The molecule has 1 saturated heterocycles. The van der Waals surface area contributed by atoms with Crippen LogP contribution < -0.4 is 5.32 Å². The summed E-state index contributed by atoms with van der Waals surface area (Å²) in [6.07, 6.45) is 1.68. The van der Waals surface area contributed by atoms with Gasteiger partial charge in [0.05, 0.1) is 11.6 Å². The molecule has 0 aliphatic carbocycles. The third-order valence-corrected chi connectivity index (χ3v) is 4.69. The Morgan fingerprint density at radius 3 is 2.71 bits per heavy atom. The lowest BCUT2D eigenvalue weighted by atomic mass is 10.2. The van der Waals surface area contributed by atoms with E-state index < -0.39 is 0 Å². The summed E-state index contributed by atoms with van der Waals surface area (Å²) in [6.45, 7) is -0.00998. The van der Waals surface area contributed by atoms with Crippen molar-refractivity contribution in [2.75, 3.05) is 12.0 Å². The van der Waals surface area contributed by atoms with E-state index >= 15 is 0 Å². The van der Waals surface area contributed by atoms with Crippen LogP contribution in [0, 0.1) is 5.82 Å². The number of carbonyl (C=O) groups is 2. The number of nitrogens with one attached hydrogen (secondary N) is 1. The monoisotopic (exact) mass is 406 g/mol. The highest BCUT2D eigenvalue weighted by Gasteiger charge is 2.34. The molecule has 0 saturated carbocycles. The third-order valence-electron chi connectivity index (χ3n) is 3.29. The van der Waals surface area contributed by atoms with Gasteiger partial charge in [-0.1, -0.05) is 34.1 Å². The fourth-order valence-corrected chi connectivity index (χ4v) is 3.41. The van der Waals surface area contributed by atoms with Crippen molar-refractivity contribution in [2.24, 2.45) is 0 Å². The van der Waals surface area contributed by atoms with Crippen molar-refractivity contribution in [1.82, 2.24) is 4.90 Å². The van der Waals surface area contributed by atoms with Crippen molar-refractivity contribution >= 4 is 50.6 Å². The van der Waals surface area contributed by atoms with E-state index in [2.05, 4.69) is 21.2 Å². The molecule has 2 aromatic rings. The average Bonchev–Trinajstić information content (AvgIpc) is 2.79. The average molecular weight is 407 g/mol. The quantitative estimate of drug-likeness (QED) is 0.747. The minimum atomic E-state index is -0.385. The summed E-state index contributed by atoms with van der Waals surface area (Å²) >= 11 is 4.26. The lowest BCUT2D eigenvalue weighted by molar-refractivity contribution is -0.122. The molecule has 0 atom stereocenters. The molecule has 2 amide bonds. The summed E-state index contributed by atoms with van der Waals surface area (Å²) in [5.74, 6) is -0.752. The first-order chi connectivity index (χ1) is 11.5. The summed E-state index contributed by atoms with van der Waals surface area (Å²) < 4.78 is 14.0. The molecular formula is C17H12BrFN2O2S. The van der Waals surface area contributed by atoms with Gasteiger partial charge in [0.1, 0.15) is 5.82 Å². The molecule has 1 aliphatic heterocycles. The second-order valence-electron chi connectivity index (χ2n) is 5.01. The Kier molecular flexibility index (Phi) is 5.01. The fraction of sp³-hybridized carbons (Fsp3) is 0.0588. The van der Waals surface area contributed by atoms with E-state index in [1.807, 2.05) is 24.3 Å². The van der Waals surface area contributed by atoms with Crippen LogP contribution in [0.2, 0.25) is 0 Å². The second-order valence-corrected chi connectivity index (χ2v) is 6.92. The summed E-state index contributed by atoms with van der Waals surface area (Å²) in [5, 5.41) is 2.52. The molecule has 3 rings (SSSR count). The standard InChI is InChI=1S/C17H12BrFN2O2S/c18-12-4-1-3-11(7-12)8-15-16(22)21(17(23)24-15)10-20-14-6-2-5-13(19)9-14/h1-9,20H,10H2. The Balaban J connectivity index is 1.72. The summed E-state index contributed by atoms with van der Waals surface area (Å²) in [4.78, 5) is 25.9. The van der Waals surface area contributed by atoms with Gasteiger partial charge in [-0.2, -0.15) is 0 Å². The molecule has 0 spiro atoms. The highest BCUT2D eigenvalue weighted by Crippen LogP contribution is 2.32. The van der Waals surface area contributed by atoms with Crippen molar-refractivity contribution in [3.05, 3.63) is 69.3 Å². The molecule has 1 aliphatic rings. The van der Waals surface area contributed by atoms with E-state index in [-0.39, 0.29) is 23.6 Å². The summed E-state index contributed by atoms with van der Waals surface area (Å²) in [6, 6.07) is 13.3. The highest BCUT2D eigenvalue weighted by molar-refractivity contribution is 9.10. The lowest BCUT2D eigenvalue weighted by Crippen LogP contribution is -2.33. The molecule has 0 bridgehead atoms. The highest BCUT2D eigenvalue weighted by atomic mass is 79.9. The fourth-order valence-electron chi connectivity index (χ4n) is 2.15. The molecule has 24 heavy (non-hydrogen) atoms. The summed E-state index contributed by atoms with van der Waals surface area (Å²) in [7, 11) is 0. The zero-order valence-corrected chi connectivity index (χ0v) is 14.7. The molecule has 0 aromatic heterocycles. The van der Waals surface area contributed by atoms with Gasteiger partial charge in [-0.3, -0.25) is 14.5 Å². The van der Waals surface area contributed by atoms with Crippen LogP contribution in [0.25, 0.3) is 6.08 Å². The van der Waals surface area contributed by atoms with Crippen molar-refractivity contribution < 1.29 is 14.0 Å². The first kappa shape index (κ1) is 16.7. The number of nitrogens with zero attached hydrogens (tertiary/aromatic N) is 1. The molecule has 7 heteroatoms. The minimum Gasteiger partial charge on any atom is -0.367 e. The largest absolute Gasteiger partial charge is 0.367 e. The van der Waals surface area contributed by atoms with Crippen LogP contribution in [-0.2, 0) is 4.79 Å². The van der Waals surface area contributed by atoms with E-state index in [9.17, 15) is 14.0 Å². The number of hydrogen-bond donors (Lipinski definition) is 1. The normalized spacial score (nSPS) is 16.1. The molecule has 1 N–H and O–H groups in total. The van der Waals surface area contributed by atoms with Crippen molar-refractivity contribution in [2.45, 2.75) is 0 Å². The first-order valence-electron chi connectivity index (χ1n) is 7.03. The smallest absolute Gasteiger partial charge is 0.295 e. The van der Waals surface area contributed by atoms with Crippen LogP contribution in [0.3, 0.4) is 0 Å². The SMILES string of the molecule is O=C1SC(=Cc2cccc(Br)c2)C(=O)N1CNc1cccc(F)c1. The van der Waals surface area contributed by atoms with Gasteiger partial charge in [-0.25, -0.2) is 4.39 Å². The number of anilines is 1. The topological polar surface area (TPSA) is 49.4 Å². The molecule has 122 valence electrons. The number of carbonyl (C=O) groups excluding carboxylic acids is 2. The first-order valence-corrected chi connectivity index (χ1v) is 8.64. The van der Waals surface area contributed by atoms with Gasteiger partial charge in [-0.05, 0) is 53.7 Å². The predicted molar refractivity (Wildman–Crippen MR) is 96.8 cm³/mol. The Bertz CT molecular complexity index is 841. The van der Waals surface area contributed by atoms with E-state index in [1.165, 1.54) is 12.1 Å². The molecular weight excluding hydrogens is 395 g/mol. The number of imide groups is 1. The van der Waals surface area contributed by atoms with Gasteiger partial charge in [-0.15, -0.1) is 0 Å². The van der Waals surface area contributed by atoms with Gasteiger partial charge in [0.15, 0.2) is 0 Å². The number of benzene rings is 2. The van der Waals surface area contributed by atoms with E-state index in [1.54, 1.807) is 18.2 Å². The van der Waals surface area contributed by atoms with Crippen molar-refractivity contribution in [3.63, 3.8) is 0 Å². The Hall–Kier alpha value is -2.12. The van der Waals surface area contributed by atoms with Gasteiger partial charge in [0.25, 0.3) is 11.1 Å². The molecule has 1 fully saturated rings. The van der Waals surface area contributed by atoms with Crippen LogP contribution in [0.5, 0.6) is 0 Å². The van der Waals surface area contributed by atoms with Gasteiger partial charge >= 0.3 is 0 Å². The molecule has 1 heterocycles. The van der Waals surface area contributed by atoms with Crippen molar-refractivity contribution in [1.29, 1.82) is 0 Å². The Morgan fingerprint density at radius 2 is 1.96 bits per heavy atom. The van der Waals surface area contributed by atoms with Gasteiger partial charge < -0.3 is 5.32 Å². The summed E-state index contributed by atoms with van der Waals surface area (Å²) in [5.41, 5.74) is 1.33.